The van der Waals surface area contributed by atoms with Crippen LogP contribution < -0.4 is 5.32 Å². The predicted octanol–water partition coefficient (Wildman–Crippen LogP) is 2.50. The van der Waals surface area contributed by atoms with Gasteiger partial charge in [-0.2, -0.15) is 0 Å². The van der Waals surface area contributed by atoms with Gasteiger partial charge in [0.05, 0.1) is 0 Å². The maximum absolute atomic E-state index is 3.37. The van der Waals surface area contributed by atoms with Crippen LogP contribution in [-0.4, -0.2) is 37.6 Å². The third kappa shape index (κ3) is 3.46. The van der Waals surface area contributed by atoms with Crippen LogP contribution in [0.1, 0.15) is 46.5 Å². The van der Waals surface area contributed by atoms with Crippen LogP contribution in [0.15, 0.2) is 0 Å². The fourth-order valence-corrected chi connectivity index (χ4v) is 2.52. The van der Waals surface area contributed by atoms with Crippen molar-refractivity contribution in [3.05, 3.63) is 0 Å². The molecule has 1 N–H and O–H groups in total. The summed E-state index contributed by atoms with van der Waals surface area (Å²) in [6.07, 6.45) is 5.43. The lowest BCUT2D eigenvalue weighted by molar-refractivity contribution is 0.135. The number of rotatable bonds is 8. The van der Waals surface area contributed by atoms with E-state index in [4.69, 9.17) is 0 Å². The number of hydrogen-bond donors (Lipinski definition) is 1. The highest BCUT2D eigenvalue weighted by Gasteiger charge is 2.34. The second-order valence-corrected chi connectivity index (χ2v) is 5.03. The van der Waals surface area contributed by atoms with Crippen LogP contribution in [0.2, 0.25) is 0 Å². The lowest BCUT2D eigenvalue weighted by atomic mass is 9.81. The highest BCUT2D eigenvalue weighted by molar-refractivity contribution is 4.89. The van der Waals surface area contributed by atoms with E-state index in [9.17, 15) is 0 Å². The Morgan fingerprint density at radius 2 is 1.80 bits per heavy atom. The summed E-state index contributed by atoms with van der Waals surface area (Å²) >= 11 is 0. The number of hydrogen-bond acceptors (Lipinski definition) is 2. The first kappa shape index (κ1) is 13.0. The van der Waals surface area contributed by atoms with E-state index in [-0.39, 0.29) is 0 Å². The standard InChI is InChI=1S/C13H28N2/c1-5-13(6-2,10-14-4)11-15(7-3)12-8-9-12/h12,14H,5-11H2,1-4H3. The Morgan fingerprint density at radius 3 is 2.13 bits per heavy atom. The Morgan fingerprint density at radius 1 is 1.20 bits per heavy atom. The summed E-state index contributed by atoms with van der Waals surface area (Å²) < 4.78 is 0. The van der Waals surface area contributed by atoms with Gasteiger partial charge in [-0.25, -0.2) is 0 Å². The van der Waals surface area contributed by atoms with E-state index < -0.39 is 0 Å². The molecule has 0 amide bonds. The Hall–Kier alpha value is -0.0800. The molecule has 1 fully saturated rings. The molecule has 1 saturated carbocycles. The Kier molecular flexibility index (Phi) is 5.07. The second-order valence-electron chi connectivity index (χ2n) is 5.03. The second kappa shape index (κ2) is 5.86. The van der Waals surface area contributed by atoms with Gasteiger partial charge in [0.25, 0.3) is 0 Å². The van der Waals surface area contributed by atoms with E-state index in [0.717, 1.165) is 12.6 Å². The highest BCUT2D eigenvalue weighted by atomic mass is 15.2. The summed E-state index contributed by atoms with van der Waals surface area (Å²) in [6, 6.07) is 0.907. The first-order valence-corrected chi connectivity index (χ1v) is 6.60. The molecule has 0 heterocycles. The summed E-state index contributed by atoms with van der Waals surface area (Å²) in [7, 11) is 2.08. The lowest BCUT2D eigenvalue weighted by Crippen LogP contribution is -2.43. The number of nitrogens with one attached hydrogen (secondary N) is 1. The fourth-order valence-electron chi connectivity index (χ4n) is 2.52. The van der Waals surface area contributed by atoms with Gasteiger partial charge in [0.15, 0.2) is 0 Å². The zero-order chi connectivity index (χ0) is 11.3. The summed E-state index contributed by atoms with van der Waals surface area (Å²) in [4.78, 5) is 2.68. The van der Waals surface area contributed by atoms with Crippen LogP contribution in [0.3, 0.4) is 0 Å². The molecule has 1 aliphatic rings. The molecule has 0 aliphatic heterocycles. The molecule has 0 atom stereocenters. The molecule has 15 heavy (non-hydrogen) atoms. The molecule has 2 nitrogen and oxygen atoms in total. The SMILES string of the molecule is CCN(CC(CC)(CC)CNC)C1CC1. The molecule has 2 heteroatoms. The van der Waals surface area contributed by atoms with Gasteiger partial charge < -0.3 is 10.2 Å². The van der Waals surface area contributed by atoms with Gasteiger partial charge in [-0.1, -0.05) is 20.8 Å². The van der Waals surface area contributed by atoms with Crippen LogP contribution >= 0.6 is 0 Å². The number of nitrogens with zero attached hydrogens (tertiary/aromatic N) is 1. The minimum atomic E-state index is 0.493. The van der Waals surface area contributed by atoms with Crippen molar-refractivity contribution in [1.29, 1.82) is 0 Å². The Balaban J connectivity index is 2.53. The average molecular weight is 212 g/mol. The minimum absolute atomic E-state index is 0.493. The molecule has 0 unspecified atom stereocenters. The van der Waals surface area contributed by atoms with Gasteiger partial charge in [-0.05, 0) is 44.7 Å². The normalized spacial score (nSPS) is 17.4. The van der Waals surface area contributed by atoms with Crippen molar-refractivity contribution in [3.8, 4) is 0 Å². The molecular formula is C13H28N2. The molecular weight excluding hydrogens is 184 g/mol. The van der Waals surface area contributed by atoms with E-state index >= 15 is 0 Å². The van der Waals surface area contributed by atoms with Crippen molar-refractivity contribution in [3.63, 3.8) is 0 Å². The molecule has 0 bridgehead atoms. The summed E-state index contributed by atoms with van der Waals surface area (Å²) in [5.74, 6) is 0. The van der Waals surface area contributed by atoms with Crippen LogP contribution in [0.5, 0.6) is 0 Å². The molecule has 90 valence electrons. The van der Waals surface area contributed by atoms with E-state index in [0.29, 0.717) is 5.41 Å². The first-order valence-electron chi connectivity index (χ1n) is 6.60. The third-order valence-electron chi connectivity index (χ3n) is 4.06. The van der Waals surface area contributed by atoms with Crippen molar-refractivity contribution in [2.75, 3.05) is 26.7 Å². The van der Waals surface area contributed by atoms with Crippen molar-refractivity contribution in [1.82, 2.24) is 10.2 Å². The topological polar surface area (TPSA) is 15.3 Å². The van der Waals surface area contributed by atoms with Crippen LogP contribution in [0.4, 0.5) is 0 Å². The van der Waals surface area contributed by atoms with Crippen molar-refractivity contribution in [2.24, 2.45) is 5.41 Å². The van der Waals surface area contributed by atoms with Crippen molar-refractivity contribution >= 4 is 0 Å². The zero-order valence-electron chi connectivity index (χ0n) is 11.0. The molecule has 0 radical (unpaired) electrons. The summed E-state index contributed by atoms with van der Waals surface area (Å²) in [6.45, 7) is 10.6. The van der Waals surface area contributed by atoms with E-state index in [1.165, 1.54) is 38.8 Å². The maximum atomic E-state index is 3.37. The fraction of sp³-hybridized carbons (Fsp3) is 1.00. The van der Waals surface area contributed by atoms with Gasteiger partial charge in [0.2, 0.25) is 0 Å². The van der Waals surface area contributed by atoms with E-state index in [1.54, 1.807) is 0 Å². The first-order chi connectivity index (χ1) is 7.21. The third-order valence-corrected chi connectivity index (χ3v) is 4.06. The highest BCUT2D eigenvalue weighted by Crippen LogP contribution is 2.33. The lowest BCUT2D eigenvalue weighted by Gasteiger charge is -2.37. The van der Waals surface area contributed by atoms with Crippen LogP contribution in [-0.2, 0) is 0 Å². The van der Waals surface area contributed by atoms with E-state index in [2.05, 4.69) is 38.0 Å². The average Bonchev–Trinajstić information content (AvgIpc) is 3.08. The Bertz CT molecular complexity index is 171. The summed E-state index contributed by atoms with van der Waals surface area (Å²) in [5.41, 5.74) is 0.493. The molecule has 0 aromatic rings. The molecule has 1 rings (SSSR count). The van der Waals surface area contributed by atoms with Gasteiger partial charge in [0.1, 0.15) is 0 Å². The molecule has 1 aliphatic carbocycles. The quantitative estimate of drug-likeness (QED) is 0.665. The van der Waals surface area contributed by atoms with Crippen LogP contribution in [0.25, 0.3) is 0 Å². The van der Waals surface area contributed by atoms with E-state index in [1.807, 2.05) is 0 Å². The maximum Gasteiger partial charge on any atom is 0.00965 e. The molecule has 0 aromatic carbocycles. The van der Waals surface area contributed by atoms with Gasteiger partial charge >= 0.3 is 0 Å². The Labute approximate surface area is 95.4 Å². The van der Waals surface area contributed by atoms with Gasteiger partial charge in [-0.15, -0.1) is 0 Å². The van der Waals surface area contributed by atoms with Crippen LogP contribution in [0, 0.1) is 5.41 Å². The molecule has 0 saturated heterocycles. The molecule has 0 aromatic heterocycles. The molecule has 0 spiro atoms. The van der Waals surface area contributed by atoms with Gasteiger partial charge in [0, 0.05) is 19.1 Å². The monoisotopic (exact) mass is 212 g/mol. The van der Waals surface area contributed by atoms with Gasteiger partial charge in [-0.3, -0.25) is 0 Å². The predicted molar refractivity (Wildman–Crippen MR) is 67.2 cm³/mol. The minimum Gasteiger partial charge on any atom is -0.319 e. The van der Waals surface area contributed by atoms with Crippen molar-refractivity contribution in [2.45, 2.75) is 52.5 Å². The smallest absolute Gasteiger partial charge is 0.00965 e. The zero-order valence-corrected chi connectivity index (χ0v) is 11.0. The van der Waals surface area contributed by atoms with Crippen molar-refractivity contribution < 1.29 is 0 Å². The largest absolute Gasteiger partial charge is 0.319 e. The summed E-state index contributed by atoms with van der Waals surface area (Å²) in [5, 5.41) is 3.37.